The van der Waals surface area contributed by atoms with Crippen LogP contribution in [0.3, 0.4) is 0 Å². The number of hydrogen-bond donors (Lipinski definition) is 0. The van der Waals surface area contributed by atoms with Crippen LogP contribution in [0.5, 0.6) is 0 Å². The molecule has 0 saturated heterocycles. The molecule has 0 heterocycles. The van der Waals surface area contributed by atoms with Gasteiger partial charge in [0.2, 0.25) is 0 Å². The van der Waals surface area contributed by atoms with Gasteiger partial charge >= 0.3 is 0 Å². The molecule has 1 rings (SSSR count). The Balaban J connectivity index is 2.91. The summed E-state index contributed by atoms with van der Waals surface area (Å²) in [5.41, 5.74) is 1.10. The van der Waals surface area contributed by atoms with Crippen molar-refractivity contribution in [2.24, 2.45) is 0 Å². The minimum Gasteiger partial charge on any atom is -0.224 e. The minimum atomic E-state index is -3.11. The number of allylic oxidation sites excluding steroid dienone is 2. The largest absolute Gasteiger partial charge is 0.224 e. The standard InChI is InChI=1S/C16H24O2S/c1-4-6-7-9-14(3)15-10-8-11-16(13-15)19(17,18)12-5-2/h6-8,10-11,13-14H,4-5,9,12H2,1-3H3/b7-6-. The van der Waals surface area contributed by atoms with Gasteiger partial charge in [-0.1, -0.05) is 45.1 Å². The molecular formula is C16H24O2S. The second-order valence-corrected chi connectivity index (χ2v) is 7.02. The van der Waals surface area contributed by atoms with Crippen molar-refractivity contribution in [3.63, 3.8) is 0 Å². The van der Waals surface area contributed by atoms with E-state index in [1.54, 1.807) is 6.07 Å². The topological polar surface area (TPSA) is 34.1 Å². The molecule has 0 saturated carbocycles. The zero-order valence-electron chi connectivity index (χ0n) is 12.1. The van der Waals surface area contributed by atoms with Crippen molar-refractivity contribution < 1.29 is 8.42 Å². The highest BCUT2D eigenvalue weighted by molar-refractivity contribution is 7.91. The van der Waals surface area contributed by atoms with Crippen LogP contribution in [0, 0.1) is 0 Å². The lowest BCUT2D eigenvalue weighted by atomic mass is 9.98. The lowest BCUT2D eigenvalue weighted by Crippen LogP contribution is -2.06. The fourth-order valence-electron chi connectivity index (χ4n) is 2.00. The van der Waals surface area contributed by atoms with E-state index in [-0.39, 0.29) is 5.75 Å². The van der Waals surface area contributed by atoms with Gasteiger partial charge in [-0.15, -0.1) is 0 Å². The van der Waals surface area contributed by atoms with Gasteiger partial charge in [0, 0.05) is 0 Å². The summed E-state index contributed by atoms with van der Waals surface area (Å²) in [4.78, 5) is 0.457. The van der Waals surface area contributed by atoms with Gasteiger partial charge in [0.15, 0.2) is 9.84 Å². The highest BCUT2D eigenvalue weighted by Crippen LogP contribution is 2.23. The van der Waals surface area contributed by atoms with E-state index in [1.165, 1.54) is 0 Å². The van der Waals surface area contributed by atoms with Gasteiger partial charge < -0.3 is 0 Å². The first-order valence-corrected chi connectivity index (χ1v) is 8.64. The van der Waals surface area contributed by atoms with E-state index in [4.69, 9.17) is 0 Å². The molecule has 1 unspecified atom stereocenters. The van der Waals surface area contributed by atoms with Crippen molar-refractivity contribution in [3.8, 4) is 0 Å². The van der Waals surface area contributed by atoms with Gasteiger partial charge in [-0.3, -0.25) is 0 Å². The second-order valence-electron chi connectivity index (χ2n) is 4.91. The molecule has 0 fully saturated rings. The summed E-state index contributed by atoms with van der Waals surface area (Å²) >= 11 is 0. The molecule has 0 aromatic heterocycles. The van der Waals surface area contributed by atoms with Crippen LogP contribution >= 0.6 is 0 Å². The number of hydrogen-bond acceptors (Lipinski definition) is 2. The third kappa shape index (κ3) is 4.83. The Kier molecular flexibility index (Phi) is 6.29. The van der Waals surface area contributed by atoms with E-state index >= 15 is 0 Å². The van der Waals surface area contributed by atoms with Gasteiger partial charge in [-0.2, -0.15) is 0 Å². The van der Waals surface area contributed by atoms with E-state index in [9.17, 15) is 8.42 Å². The second kappa shape index (κ2) is 7.49. The summed E-state index contributed by atoms with van der Waals surface area (Å²) in [6.07, 6.45) is 6.95. The number of rotatable bonds is 7. The number of benzene rings is 1. The van der Waals surface area contributed by atoms with Crippen LogP contribution < -0.4 is 0 Å². The van der Waals surface area contributed by atoms with Crippen molar-refractivity contribution in [2.45, 2.75) is 50.8 Å². The summed E-state index contributed by atoms with van der Waals surface area (Å²) in [5, 5.41) is 0. The lowest BCUT2D eigenvalue weighted by molar-refractivity contribution is 0.594. The maximum atomic E-state index is 12.1. The fraction of sp³-hybridized carbons (Fsp3) is 0.500. The fourth-order valence-corrected chi connectivity index (χ4v) is 3.38. The van der Waals surface area contributed by atoms with Gasteiger partial charge in [0.25, 0.3) is 0 Å². The van der Waals surface area contributed by atoms with Crippen LogP contribution in [-0.2, 0) is 9.84 Å². The summed E-state index contributed by atoms with van der Waals surface area (Å²) in [7, 11) is -3.11. The Morgan fingerprint density at radius 1 is 1.21 bits per heavy atom. The molecule has 2 nitrogen and oxygen atoms in total. The van der Waals surface area contributed by atoms with Crippen LogP contribution in [0.25, 0.3) is 0 Å². The molecule has 0 aliphatic rings. The van der Waals surface area contributed by atoms with E-state index < -0.39 is 9.84 Å². The Labute approximate surface area is 117 Å². The molecule has 3 heteroatoms. The highest BCUT2D eigenvalue weighted by atomic mass is 32.2. The lowest BCUT2D eigenvalue weighted by Gasteiger charge is -2.11. The molecule has 0 N–H and O–H groups in total. The van der Waals surface area contributed by atoms with Crippen LogP contribution in [0.15, 0.2) is 41.3 Å². The summed E-state index contributed by atoms with van der Waals surface area (Å²) in [6, 6.07) is 7.38. The van der Waals surface area contributed by atoms with E-state index in [1.807, 2.05) is 25.1 Å². The molecule has 0 amide bonds. The molecule has 0 bridgehead atoms. The van der Waals surface area contributed by atoms with Gasteiger partial charge in [0.05, 0.1) is 10.6 Å². The minimum absolute atomic E-state index is 0.223. The molecule has 106 valence electrons. The van der Waals surface area contributed by atoms with Crippen molar-refractivity contribution >= 4 is 9.84 Å². The third-order valence-corrected chi connectivity index (χ3v) is 5.07. The zero-order valence-corrected chi connectivity index (χ0v) is 12.9. The normalized spacial score (nSPS) is 13.8. The first kappa shape index (κ1) is 16.0. The van der Waals surface area contributed by atoms with Crippen LogP contribution in [0.2, 0.25) is 0 Å². The summed E-state index contributed by atoms with van der Waals surface area (Å²) in [6.45, 7) is 6.13. The first-order chi connectivity index (χ1) is 9.01. The first-order valence-electron chi connectivity index (χ1n) is 6.99. The highest BCUT2D eigenvalue weighted by Gasteiger charge is 2.14. The summed E-state index contributed by atoms with van der Waals surface area (Å²) in [5.74, 6) is 0.570. The van der Waals surface area contributed by atoms with E-state index in [0.717, 1.165) is 18.4 Å². The molecule has 19 heavy (non-hydrogen) atoms. The van der Waals surface area contributed by atoms with E-state index in [0.29, 0.717) is 17.2 Å². The molecule has 1 aromatic rings. The predicted molar refractivity (Wildman–Crippen MR) is 81.2 cm³/mol. The van der Waals surface area contributed by atoms with Gasteiger partial charge in [-0.25, -0.2) is 8.42 Å². The maximum Gasteiger partial charge on any atom is 0.178 e. The Morgan fingerprint density at radius 3 is 2.58 bits per heavy atom. The van der Waals surface area contributed by atoms with Crippen molar-refractivity contribution in [1.82, 2.24) is 0 Å². The molecule has 0 aliphatic heterocycles. The van der Waals surface area contributed by atoms with E-state index in [2.05, 4.69) is 26.0 Å². The quantitative estimate of drug-likeness (QED) is 0.697. The van der Waals surface area contributed by atoms with Crippen LogP contribution in [-0.4, -0.2) is 14.2 Å². The Morgan fingerprint density at radius 2 is 1.95 bits per heavy atom. The smallest absolute Gasteiger partial charge is 0.178 e. The SMILES string of the molecule is CC/C=C\CC(C)c1cccc(S(=O)(=O)CCC)c1. The maximum absolute atomic E-state index is 12.1. The Bertz CT molecular complexity index is 515. The molecule has 0 aliphatic carbocycles. The summed E-state index contributed by atoms with van der Waals surface area (Å²) < 4.78 is 24.1. The average molecular weight is 280 g/mol. The van der Waals surface area contributed by atoms with Crippen LogP contribution in [0.1, 0.15) is 51.5 Å². The zero-order chi connectivity index (χ0) is 14.3. The van der Waals surface area contributed by atoms with Crippen LogP contribution in [0.4, 0.5) is 0 Å². The molecule has 1 atom stereocenters. The Hall–Kier alpha value is -1.09. The number of sulfone groups is 1. The predicted octanol–water partition coefficient (Wildman–Crippen LogP) is 4.33. The third-order valence-electron chi connectivity index (χ3n) is 3.15. The molecule has 0 spiro atoms. The molecule has 1 aromatic carbocycles. The molecular weight excluding hydrogens is 256 g/mol. The molecule has 0 radical (unpaired) electrons. The van der Waals surface area contributed by atoms with Crippen molar-refractivity contribution in [3.05, 3.63) is 42.0 Å². The monoisotopic (exact) mass is 280 g/mol. The van der Waals surface area contributed by atoms with Crippen molar-refractivity contribution in [2.75, 3.05) is 5.75 Å². The average Bonchev–Trinajstić information content (AvgIpc) is 2.39. The van der Waals surface area contributed by atoms with Crippen molar-refractivity contribution in [1.29, 1.82) is 0 Å². The van der Waals surface area contributed by atoms with Gasteiger partial charge in [-0.05, 0) is 42.9 Å². The van der Waals surface area contributed by atoms with Gasteiger partial charge in [0.1, 0.15) is 0 Å².